The van der Waals surface area contributed by atoms with Crippen molar-refractivity contribution in [2.24, 2.45) is 5.92 Å². The number of pyridine rings is 1. The number of aromatic nitrogens is 4. The third-order valence-corrected chi connectivity index (χ3v) is 5.68. The average Bonchev–Trinajstić information content (AvgIpc) is 3.39. The van der Waals surface area contributed by atoms with Gasteiger partial charge in [-0.05, 0) is 45.7 Å². The maximum Gasteiger partial charge on any atom is 0.245 e. The fraction of sp³-hybridized carbons (Fsp3) is 0.348. The Morgan fingerprint density at radius 2 is 2.06 bits per heavy atom. The van der Waals surface area contributed by atoms with Crippen LogP contribution in [0.3, 0.4) is 0 Å². The van der Waals surface area contributed by atoms with E-state index >= 15 is 0 Å². The zero-order valence-corrected chi connectivity index (χ0v) is 18.8. The SMILES string of the molecule is CC(C)(C)n1cc(C(=O)c2cc(NC(=O)CN3C=C(C4CC4)NN3)ccn2)c2cncnc21. The number of hydrazine groups is 2. The van der Waals surface area contributed by atoms with Crippen molar-refractivity contribution in [3.8, 4) is 0 Å². The summed E-state index contributed by atoms with van der Waals surface area (Å²) >= 11 is 0. The molecule has 10 heteroatoms. The van der Waals surface area contributed by atoms with Crippen LogP contribution in [0.1, 0.15) is 49.7 Å². The van der Waals surface area contributed by atoms with Gasteiger partial charge in [0.25, 0.3) is 0 Å². The number of carbonyl (C=O) groups is 2. The van der Waals surface area contributed by atoms with E-state index in [1.165, 1.54) is 25.4 Å². The van der Waals surface area contributed by atoms with Crippen LogP contribution in [0.5, 0.6) is 0 Å². The highest BCUT2D eigenvalue weighted by molar-refractivity contribution is 6.15. The summed E-state index contributed by atoms with van der Waals surface area (Å²) in [5, 5.41) is 5.21. The van der Waals surface area contributed by atoms with Gasteiger partial charge in [-0.2, -0.15) is 0 Å². The van der Waals surface area contributed by atoms with E-state index in [9.17, 15) is 9.59 Å². The van der Waals surface area contributed by atoms with Gasteiger partial charge in [-0.15, -0.1) is 5.53 Å². The predicted octanol–water partition coefficient (Wildman–Crippen LogP) is 2.33. The zero-order chi connectivity index (χ0) is 23.2. The Labute approximate surface area is 191 Å². The molecule has 1 aliphatic carbocycles. The molecule has 1 aliphatic heterocycles. The van der Waals surface area contributed by atoms with E-state index < -0.39 is 0 Å². The van der Waals surface area contributed by atoms with Gasteiger partial charge in [0.1, 0.15) is 24.2 Å². The monoisotopic (exact) mass is 446 g/mol. The van der Waals surface area contributed by atoms with E-state index in [4.69, 9.17) is 0 Å². The van der Waals surface area contributed by atoms with E-state index in [2.05, 4.69) is 31.2 Å². The lowest BCUT2D eigenvalue weighted by molar-refractivity contribution is -0.117. The lowest BCUT2D eigenvalue weighted by Crippen LogP contribution is -2.41. The number of fused-ring (bicyclic) bond motifs is 1. The van der Waals surface area contributed by atoms with Crippen LogP contribution in [0, 0.1) is 5.92 Å². The Bertz CT molecular complexity index is 1270. The molecule has 0 aromatic carbocycles. The van der Waals surface area contributed by atoms with Crippen LogP contribution >= 0.6 is 0 Å². The number of carbonyl (C=O) groups excluding carboxylic acids is 2. The summed E-state index contributed by atoms with van der Waals surface area (Å²) in [5.41, 5.74) is 8.83. The average molecular weight is 447 g/mol. The number of hydrogen-bond acceptors (Lipinski definition) is 8. The molecule has 3 N–H and O–H groups in total. The molecular weight excluding hydrogens is 420 g/mol. The molecule has 1 amide bonds. The van der Waals surface area contributed by atoms with Gasteiger partial charge < -0.3 is 15.3 Å². The van der Waals surface area contributed by atoms with Crippen molar-refractivity contribution in [3.05, 3.63) is 60.2 Å². The quantitative estimate of drug-likeness (QED) is 0.494. The van der Waals surface area contributed by atoms with E-state index in [0.29, 0.717) is 28.2 Å². The molecule has 5 rings (SSSR count). The maximum atomic E-state index is 13.3. The molecule has 33 heavy (non-hydrogen) atoms. The van der Waals surface area contributed by atoms with Gasteiger partial charge in [0.2, 0.25) is 11.7 Å². The summed E-state index contributed by atoms with van der Waals surface area (Å²) in [6, 6.07) is 3.25. The molecule has 0 radical (unpaired) electrons. The molecule has 0 saturated heterocycles. The highest BCUT2D eigenvalue weighted by Crippen LogP contribution is 2.35. The number of ketones is 1. The minimum absolute atomic E-state index is 0.130. The topological polar surface area (TPSA) is 117 Å². The highest BCUT2D eigenvalue weighted by atomic mass is 16.2. The molecule has 3 aromatic heterocycles. The number of rotatable bonds is 6. The minimum Gasteiger partial charge on any atom is -0.326 e. The first kappa shape index (κ1) is 21.1. The Kier molecular flexibility index (Phi) is 5.09. The lowest BCUT2D eigenvalue weighted by Gasteiger charge is -2.21. The smallest absolute Gasteiger partial charge is 0.245 e. The standard InChI is InChI=1S/C23H26N8O2/c1-23(2,3)31-10-17(16-9-24-13-26-22(16)31)21(33)18-8-15(6-7-25-18)27-20(32)12-30-11-19(28-29-30)14-4-5-14/h6-11,13-14,28-29H,4-5,12H2,1-3H3,(H,25,27,32). The van der Waals surface area contributed by atoms with Crippen LogP contribution in [0.2, 0.25) is 0 Å². The maximum absolute atomic E-state index is 13.3. The molecule has 1 fully saturated rings. The first-order valence-corrected chi connectivity index (χ1v) is 10.9. The molecule has 1 saturated carbocycles. The van der Waals surface area contributed by atoms with Crippen molar-refractivity contribution >= 4 is 28.4 Å². The summed E-state index contributed by atoms with van der Waals surface area (Å²) in [6.07, 6.45) is 10.7. The normalized spacial score (nSPS) is 16.0. The lowest BCUT2D eigenvalue weighted by atomic mass is 10.1. The Morgan fingerprint density at radius 1 is 1.24 bits per heavy atom. The van der Waals surface area contributed by atoms with Gasteiger partial charge in [0, 0.05) is 53.0 Å². The number of nitrogens with zero attached hydrogens (tertiary/aromatic N) is 5. The second kappa shape index (κ2) is 7.96. The van der Waals surface area contributed by atoms with E-state index in [1.807, 2.05) is 31.5 Å². The molecule has 3 aromatic rings. The second-order valence-corrected chi connectivity index (χ2v) is 9.37. The summed E-state index contributed by atoms with van der Waals surface area (Å²) < 4.78 is 1.96. The minimum atomic E-state index is -0.263. The van der Waals surface area contributed by atoms with Crippen molar-refractivity contribution in [1.29, 1.82) is 0 Å². The number of nitrogens with one attached hydrogen (secondary N) is 3. The van der Waals surface area contributed by atoms with Crippen LogP contribution in [-0.2, 0) is 10.3 Å². The van der Waals surface area contributed by atoms with Crippen LogP contribution in [-0.4, -0.2) is 42.8 Å². The third kappa shape index (κ3) is 4.29. The molecule has 0 unspecified atom stereocenters. The van der Waals surface area contributed by atoms with Crippen LogP contribution in [0.15, 0.2) is 48.9 Å². The molecule has 4 heterocycles. The van der Waals surface area contributed by atoms with Crippen molar-refractivity contribution < 1.29 is 9.59 Å². The van der Waals surface area contributed by atoms with Crippen molar-refractivity contribution in [2.75, 3.05) is 11.9 Å². The van der Waals surface area contributed by atoms with Gasteiger partial charge >= 0.3 is 0 Å². The molecule has 170 valence electrons. The Hall–Kier alpha value is -3.79. The molecule has 0 bridgehead atoms. The molecule has 0 atom stereocenters. The number of anilines is 1. The largest absolute Gasteiger partial charge is 0.326 e. The Balaban J connectivity index is 1.34. The van der Waals surface area contributed by atoms with Crippen molar-refractivity contribution in [2.45, 2.75) is 39.2 Å². The van der Waals surface area contributed by atoms with E-state index in [-0.39, 0.29) is 29.5 Å². The summed E-state index contributed by atoms with van der Waals surface area (Å²) in [5.74, 6) is 0.102. The second-order valence-electron chi connectivity index (χ2n) is 9.37. The van der Waals surface area contributed by atoms with Gasteiger partial charge in [0.15, 0.2) is 0 Å². The third-order valence-electron chi connectivity index (χ3n) is 5.68. The first-order chi connectivity index (χ1) is 15.8. The van der Waals surface area contributed by atoms with Crippen LogP contribution < -0.4 is 16.3 Å². The predicted molar refractivity (Wildman–Crippen MR) is 123 cm³/mol. The number of hydrogen-bond donors (Lipinski definition) is 3. The molecule has 0 spiro atoms. The van der Waals surface area contributed by atoms with Gasteiger partial charge in [-0.25, -0.2) is 9.97 Å². The Morgan fingerprint density at radius 3 is 2.82 bits per heavy atom. The van der Waals surface area contributed by atoms with Crippen LogP contribution in [0.4, 0.5) is 5.69 Å². The van der Waals surface area contributed by atoms with Gasteiger partial charge in [-0.1, -0.05) is 0 Å². The number of allylic oxidation sites excluding steroid dienone is 1. The van der Waals surface area contributed by atoms with Crippen LogP contribution in [0.25, 0.3) is 11.0 Å². The van der Waals surface area contributed by atoms with E-state index in [0.717, 1.165) is 5.70 Å². The fourth-order valence-electron chi connectivity index (χ4n) is 3.84. The first-order valence-electron chi connectivity index (χ1n) is 10.9. The summed E-state index contributed by atoms with van der Waals surface area (Å²) in [6.45, 7) is 6.27. The zero-order valence-electron chi connectivity index (χ0n) is 18.8. The van der Waals surface area contributed by atoms with Crippen molar-refractivity contribution in [3.63, 3.8) is 0 Å². The molecule has 2 aliphatic rings. The fourth-order valence-corrected chi connectivity index (χ4v) is 3.84. The summed E-state index contributed by atoms with van der Waals surface area (Å²) in [4.78, 5) is 38.6. The van der Waals surface area contributed by atoms with Gasteiger partial charge in [0.05, 0.1) is 5.56 Å². The van der Waals surface area contributed by atoms with Gasteiger partial charge in [-0.3, -0.25) is 19.6 Å². The van der Waals surface area contributed by atoms with E-state index in [1.54, 1.807) is 29.5 Å². The highest BCUT2D eigenvalue weighted by Gasteiger charge is 2.30. The number of amides is 1. The van der Waals surface area contributed by atoms with Crippen molar-refractivity contribution in [1.82, 2.24) is 35.5 Å². The summed E-state index contributed by atoms with van der Waals surface area (Å²) in [7, 11) is 0. The molecule has 10 nitrogen and oxygen atoms in total. The molecular formula is C23H26N8O2.